The summed E-state index contributed by atoms with van der Waals surface area (Å²) in [5.41, 5.74) is 3.02. The number of methoxy groups -OCH3 is 1. The van der Waals surface area contributed by atoms with Crippen molar-refractivity contribution in [3.8, 4) is 0 Å². The number of esters is 1. The van der Waals surface area contributed by atoms with Crippen molar-refractivity contribution in [2.45, 2.75) is 12.5 Å². The predicted octanol–water partition coefficient (Wildman–Crippen LogP) is 4.90. The summed E-state index contributed by atoms with van der Waals surface area (Å²) in [6, 6.07) is 25.9. The number of hydrogen-bond acceptors (Lipinski definition) is 4. The number of ether oxygens (including phenoxy) is 1. The van der Waals surface area contributed by atoms with E-state index in [1.807, 2.05) is 72.8 Å². The molecule has 3 aromatic carbocycles. The molecule has 3 aromatic rings. The first-order valence-electron chi connectivity index (χ1n) is 8.75. The van der Waals surface area contributed by atoms with Crippen LogP contribution in [-0.2, 0) is 4.74 Å². The molecule has 0 aliphatic rings. The van der Waals surface area contributed by atoms with Crippen LogP contribution in [0.1, 0.15) is 38.7 Å². The second-order valence-corrected chi connectivity index (χ2v) is 6.17. The van der Waals surface area contributed by atoms with Crippen molar-refractivity contribution < 1.29 is 14.3 Å². The van der Waals surface area contributed by atoms with Crippen molar-refractivity contribution in [3.63, 3.8) is 0 Å². The fourth-order valence-electron chi connectivity index (χ4n) is 2.88. The lowest BCUT2D eigenvalue weighted by molar-refractivity contribution is 0.0600. The number of nitrogens with one attached hydrogen (secondary N) is 1. The van der Waals surface area contributed by atoms with Crippen molar-refractivity contribution in [2.24, 2.45) is 0 Å². The van der Waals surface area contributed by atoms with Crippen molar-refractivity contribution in [2.75, 3.05) is 12.4 Å². The molecule has 136 valence electrons. The van der Waals surface area contributed by atoms with E-state index in [1.165, 1.54) is 7.11 Å². The smallest absolute Gasteiger partial charge is 0.337 e. The Morgan fingerprint density at radius 1 is 0.815 bits per heavy atom. The molecule has 0 saturated heterocycles. The molecule has 4 nitrogen and oxygen atoms in total. The van der Waals surface area contributed by atoms with Gasteiger partial charge in [-0.25, -0.2) is 4.79 Å². The monoisotopic (exact) mass is 359 g/mol. The summed E-state index contributed by atoms with van der Waals surface area (Å²) in [6.07, 6.45) is 0.302. The SMILES string of the molecule is COC(=O)c1ccc(C(CC(=O)c2ccccc2)Nc2ccccc2)cc1. The Morgan fingerprint density at radius 3 is 2.00 bits per heavy atom. The standard InChI is InChI=1S/C23H21NO3/c1-27-23(26)19-14-12-17(13-15-19)21(24-20-10-6-3-7-11-20)16-22(25)18-8-4-2-5-9-18/h2-15,21,24H,16H2,1H3. The number of carbonyl (C=O) groups excluding carboxylic acids is 2. The maximum absolute atomic E-state index is 12.7. The van der Waals surface area contributed by atoms with Gasteiger partial charge in [0.2, 0.25) is 0 Å². The van der Waals surface area contributed by atoms with Gasteiger partial charge in [-0.05, 0) is 29.8 Å². The molecule has 4 heteroatoms. The molecule has 0 radical (unpaired) electrons. The fourth-order valence-corrected chi connectivity index (χ4v) is 2.88. The van der Waals surface area contributed by atoms with E-state index in [9.17, 15) is 9.59 Å². The first-order valence-corrected chi connectivity index (χ1v) is 8.75. The Morgan fingerprint density at radius 2 is 1.41 bits per heavy atom. The highest BCUT2D eigenvalue weighted by atomic mass is 16.5. The molecule has 0 aliphatic heterocycles. The van der Waals surface area contributed by atoms with Crippen LogP contribution in [0.4, 0.5) is 5.69 Å². The van der Waals surface area contributed by atoms with E-state index in [2.05, 4.69) is 5.32 Å². The zero-order valence-corrected chi connectivity index (χ0v) is 15.1. The number of hydrogen-bond donors (Lipinski definition) is 1. The third kappa shape index (κ3) is 4.82. The predicted molar refractivity (Wildman–Crippen MR) is 106 cm³/mol. The summed E-state index contributed by atoms with van der Waals surface area (Å²) in [4.78, 5) is 24.4. The van der Waals surface area contributed by atoms with Crippen molar-refractivity contribution in [3.05, 3.63) is 102 Å². The molecule has 0 fully saturated rings. The second-order valence-electron chi connectivity index (χ2n) is 6.17. The maximum atomic E-state index is 12.7. The average molecular weight is 359 g/mol. The van der Waals surface area contributed by atoms with Gasteiger partial charge in [-0.3, -0.25) is 4.79 Å². The molecule has 1 N–H and O–H groups in total. The summed E-state index contributed by atoms with van der Waals surface area (Å²) in [5, 5.41) is 3.42. The zero-order valence-electron chi connectivity index (χ0n) is 15.1. The van der Waals surface area contributed by atoms with Crippen LogP contribution in [0.25, 0.3) is 0 Å². The van der Waals surface area contributed by atoms with E-state index < -0.39 is 0 Å². The van der Waals surface area contributed by atoms with Gasteiger partial charge in [0.1, 0.15) is 0 Å². The highest BCUT2D eigenvalue weighted by Gasteiger charge is 2.18. The zero-order chi connectivity index (χ0) is 19.1. The van der Waals surface area contributed by atoms with Crippen LogP contribution >= 0.6 is 0 Å². The van der Waals surface area contributed by atoms with E-state index in [4.69, 9.17) is 4.74 Å². The summed E-state index contributed by atoms with van der Waals surface area (Å²) in [6.45, 7) is 0. The Labute approximate surface area is 158 Å². The van der Waals surface area contributed by atoms with Crippen LogP contribution in [0.3, 0.4) is 0 Å². The van der Waals surface area contributed by atoms with Crippen LogP contribution < -0.4 is 5.32 Å². The molecule has 0 amide bonds. The summed E-state index contributed by atoms with van der Waals surface area (Å²) in [5.74, 6) is -0.324. The van der Waals surface area contributed by atoms with E-state index in [-0.39, 0.29) is 17.8 Å². The molecule has 0 heterocycles. The maximum Gasteiger partial charge on any atom is 0.337 e. The van der Waals surface area contributed by atoms with E-state index >= 15 is 0 Å². The van der Waals surface area contributed by atoms with Crippen molar-refractivity contribution >= 4 is 17.4 Å². The van der Waals surface area contributed by atoms with Crippen LogP contribution in [-0.4, -0.2) is 18.9 Å². The molecule has 0 aromatic heterocycles. The lowest BCUT2D eigenvalue weighted by atomic mass is 9.96. The van der Waals surface area contributed by atoms with Gasteiger partial charge < -0.3 is 10.1 Å². The molecular weight excluding hydrogens is 338 g/mol. The number of benzene rings is 3. The molecule has 1 atom stereocenters. The lowest BCUT2D eigenvalue weighted by Crippen LogP contribution is -2.16. The van der Waals surface area contributed by atoms with Gasteiger partial charge in [0.05, 0.1) is 18.7 Å². The van der Waals surface area contributed by atoms with Gasteiger partial charge >= 0.3 is 5.97 Å². The van der Waals surface area contributed by atoms with Gasteiger partial charge in [-0.1, -0.05) is 60.7 Å². The molecule has 0 saturated carbocycles. The van der Waals surface area contributed by atoms with Crippen LogP contribution in [0.5, 0.6) is 0 Å². The topological polar surface area (TPSA) is 55.4 Å². The molecular formula is C23H21NO3. The Balaban J connectivity index is 1.85. The summed E-state index contributed by atoms with van der Waals surface area (Å²) >= 11 is 0. The molecule has 27 heavy (non-hydrogen) atoms. The minimum Gasteiger partial charge on any atom is -0.465 e. The lowest BCUT2D eigenvalue weighted by Gasteiger charge is -2.20. The number of para-hydroxylation sites is 1. The van der Waals surface area contributed by atoms with E-state index in [1.54, 1.807) is 12.1 Å². The average Bonchev–Trinajstić information content (AvgIpc) is 2.74. The highest BCUT2D eigenvalue weighted by molar-refractivity contribution is 5.96. The minimum absolute atomic E-state index is 0.0566. The number of Topliss-reactive ketones (excluding diaryl/α,β-unsaturated/α-hetero) is 1. The van der Waals surface area contributed by atoms with E-state index in [0.717, 1.165) is 11.3 Å². The first kappa shape index (κ1) is 18.4. The Hall–Kier alpha value is -3.40. The molecule has 0 aliphatic carbocycles. The van der Waals surface area contributed by atoms with Gasteiger partial charge in [0.25, 0.3) is 0 Å². The van der Waals surface area contributed by atoms with E-state index in [0.29, 0.717) is 17.5 Å². The van der Waals surface area contributed by atoms with Gasteiger partial charge in [0, 0.05) is 17.7 Å². The number of ketones is 1. The quantitative estimate of drug-likeness (QED) is 0.481. The highest BCUT2D eigenvalue weighted by Crippen LogP contribution is 2.25. The van der Waals surface area contributed by atoms with Gasteiger partial charge in [-0.2, -0.15) is 0 Å². The molecule has 3 rings (SSSR count). The minimum atomic E-state index is -0.380. The summed E-state index contributed by atoms with van der Waals surface area (Å²) in [7, 11) is 1.36. The fraction of sp³-hybridized carbons (Fsp3) is 0.130. The molecule has 0 spiro atoms. The largest absolute Gasteiger partial charge is 0.465 e. The number of rotatable bonds is 7. The summed E-state index contributed by atoms with van der Waals surface area (Å²) < 4.78 is 4.75. The molecule has 1 unspecified atom stereocenters. The number of carbonyl (C=O) groups is 2. The first-order chi connectivity index (χ1) is 13.2. The third-order valence-electron chi connectivity index (χ3n) is 4.33. The van der Waals surface area contributed by atoms with Crippen LogP contribution in [0, 0.1) is 0 Å². The second kappa shape index (κ2) is 8.81. The Bertz CT molecular complexity index is 890. The van der Waals surface area contributed by atoms with Gasteiger partial charge in [-0.15, -0.1) is 0 Å². The third-order valence-corrected chi connectivity index (χ3v) is 4.33. The van der Waals surface area contributed by atoms with Crippen LogP contribution in [0.15, 0.2) is 84.9 Å². The molecule has 0 bridgehead atoms. The van der Waals surface area contributed by atoms with Gasteiger partial charge in [0.15, 0.2) is 5.78 Å². The van der Waals surface area contributed by atoms with Crippen molar-refractivity contribution in [1.82, 2.24) is 0 Å². The van der Waals surface area contributed by atoms with Crippen molar-refractivity contribution in [1.29, 1.82) is 0 Å². The Kier molecular flexibility index (Phi) is 6.00. The van der Waals surface area contributed by atoms with Crippen LogP contribution in [0.2, 0.25) is 0 Å². The normalized spacial score (nSPS) is 11.4. The number of anilines is 1.